The fourth-order valence-electron chi connectivity index (χ4n) is 2.40. The smallest absolute Gasteiger partial charge is 0.326 e. The Kier molecular flexibility index (Phi) is 4.24. The van der Waals surface area contributed by atoms with Crippen LogP contribution >= 0.6 is 11.8 Å². The molecular weight excluding hydrogens is 248 g/mol. The molecule has 18 heavy (non-hydrogen) atoms. The Labute approximate surface area is 112 Å². The lowest BCUT2D eigenvalue weighted by molar-refractivity contribution is -0.148. The first-order valence-electron chi connectivity index (χ1n) is 6.05. The van der Waals surface area contributed by atoms with Crippen molar-refractivity contribution < 1.29 is 9.53 Å². The molecule has 1 aliphatic carbocycles. The van der Waals surface area contributed by atoms with E-state index < -0.39 is 5.54 Å². The predicted molar refractivity (Wildman–Crippen MR) is 71.5 cm³/mol. The van der Waals surface area contributed by atoms with Crippen molar-refractivity contribution >= 4 is 17.7 Å². The van der Waals surface area contributed by atoms with Crippen LogP contribution in [0.1, 0.15) is 19.3 Å². The van der Waals surface area contributed by atoms with Gasteiger partial charge in [0.2, 0.25) is 0 Å². The van der Waals surface area contributed by atoms with E-state index in [1.54, 1.807) is 18.0 Å². The van der Waals surface area contributed by atoms with Crippen LogP contribution in [-0.4, -0.2) is 35.9 Å². The van der Waals surface area contributed by atoms with Crippen molar-refractivity contribution in [2.75, 3.05) is 14.2 Å². The molecule has 2 rings (SSSR count). The molecular formula is C13H18N2O2S. The molecule has 1 aromatic heterocycles. The van der Waals surface area contributed by atoms with Crippen LogP contribution in [-0.2, 0) is 9.53 Å². The Hall–Kier alpha value is -1.07. The van der Waals surface area contributed by atoms with Crippen molar-refractivity contribution in [1.29, 1.82) is 0 Å². The van der Waals surface area contributed by atoms with Crippen LogP contribution in [0.5, 0.6) is 0 Å². The first-order chi connectivity index (χ1) is 8.70. The third-order valence-corrected chi connectivity index (χ3v) is 4.67. The number of nitrogens with zero attached hydrogens (tertiary/aromatic N) is 1. The molecule has 0 spiro atoms. The third-order valence-electron chi connectivity index (χ3n) is 3.45. The second-order valence-corrected chi connectivity index (χ2v) is 5.79. The maximum absolute atomic E-state index is 11.9. The lowest BCUT2D eigenvalue weighted by Gasteiger charge is -2.25. The van der Waals surface area contributed by atoms with E-state index in [2.05, 4.69) is 10.3 Å². The van der Waals surface area contributed by atoms with E-state index in [1.165, 1.54) is 7.11 Å². The average molecular weight is 266 g/mol. The monoisotopic (exact) mass is 266 g/mol. The fourth-order valence-corrected chi connectivity index (χ4v) is 3.62. The highest BCUT2D eigenvalue weighted by molar-refractivity contribution is 7.99. The first-order valence-corrected chi connectivity index (χ1v) is 6.93. The summed E-state index contributed by atoms with van der Waals surface area (Å²) in [5.74, 6) is -0.158. The Bertz CT molecular complexity index is 413. The van der Waals surface area contributed by atoms with Gasteiger partial charge in [-0.15, -0.1) is 11.8 Å². The predicted octanol–water partition coefficient (Wildman–Crippen LogP) is 1.86. The number of pyridine rings is 1. The molecule has 0 radical (unpaired) electrons. The molecule has 4 nitrogen and oxygen atoms in total. The lowest BCUT2D eigenvalue weighted by atomic mass is 9.98. The van der Waals surface area contributed by atoms with Gasteiger partial charge in [0.15, 0.2) is 0 Å². The summed E-state index contributed by atoms with van der Waals surface area (Å²) in [5, 5.41) is 4.56. The van der Waals surface area contributed by atoms with Gasteiger partial charge in [-0.25, -0.2) is 4.98 Å². The van der Waals surface area contributed by atoms with Gasteiger partial charge in [0.25, 0.3) is 0 Å². The van der Waals surface area contributed by atoms with Gasteiger partial charge in [0.1, 0.15) is 5.54 Å². The van der Waals surface area contributed by atoms with Crippen molar-refractivity contribution in [3.63, 3.8) is 0 Å². The number of carbonyl (C=O) groups excluding carboxylic acids is 1. The maximum atomic E-state index is 11.9. The van der Waals surface area contributed by atoms with Gasteiger partial charge in [0.05, 0.1) is 12.1 Å². The molecule has 1 heterocycles. The van der Waals surface area contributed by atoms with Gasteiger partial charge in [-0.2, -0.15) is 0 Å². The van der Waals surface area contributed by atoms with Crippen LogP contribution in [0.25, 0.3) is 0 Å². The number of esters is 1. The number of nitrogens with one attached hydrogen (secondary N) is 1. The number of hydrogen-bond acceptors (Lipinski definition) is 5. The highest BCUT2D eigenvalue weighted by atomic mass is 32.2. The van der Waals surface area contributed by atoms with Gasteiger partial charge in [-0.05, 0) is 38.4 Å². The summed E-state index contributed by atoms with van der Waals surface area (Å²) in [6.07, 6.45) is 4.40. The molecule has 0 aromatic carbocycles. The second-order valence-electron chi connectivity index (χ2n) is 4.47. The molecule has 2 unspecified atom stereocenters. The molecule has 0 amide bonds. The van der Waals surface area contributed by atoms with Crippen LogP contribution in [0.3, 0.4) is 0 Å². The third kappa shape index (κ3) is 2.67. The highest BCUT2D eigenvalue weighted by Gasteiger charge is 2.45. The van der Waals surface area contributed by atoms with Gasteiger partial charge >= 0.3 is 5.97 Å². The van der Waals surface area contributed by atoms with Crippen molar-refractivity contribution in [2.24, 2.45) is 0 Å². The highest BCUT2D eigenvalue weighted by Crippen LogP contribution is 2.40. The minimum Gasteiger partial charge on any atom is -0.468 e. The maximum Gasteiger partial charge on any atom is 0.326 e. The second kappa shape index (κ2) is 5.71. The Morgan fingerprint density at radius 2 is 2.44 bits per heavy atom. The molecule has 2 atom stereocenters. The summed E-state index contributed by atoms with van der Waals surface area (Å²) in [5.41, 5.74) is -0.513. The lowest BCUT2D eigenvalue weighted by Crippen LogP contribution is -2.49. The van der Waals surface area contributed by atoms with Gasteiger partial charge < -0.3 is 10.1 Å². The minimum absolute atomic E-state index is 0.158. The summed E-state index contributed by atoms with van der Waals surface area (Å²) < 4.78 is 4.90. The Balaban J connectivity index is 2.01. The fraction of sp³-hybridized carbons (Fsp3) is 0.538. The number of hydrogen-bond donors (Lipinski definition) is 1. The van der Waals surface area contributed by atoms with Crippen molar-refractivity contribution in [2.45, 2.75) is 35.1 Å². The van der Waals surface area contributed by atoms with Crippen LogP contribution < -0.4 is 5.32 Å². The van der Waals surface area contributed by atoms with Crippen molar-refractivity contribution in [1.82, 2.24) is 10.3 Å². The molecule has 98 valence electrons. The summed E-state index contributed by atoms with van der Waals surface area (Å²) in [6, 6.07) is 5.89. The zero-order valence-corrected chi connectivity index (χ0v) is 11.5. The van der Waals surface area contributed by atoms with E-state index in [1.807, 2.05) is 25.2 Å². The zero-order valence-electron chi connectivity index (χ0n) is 10.7. The minimum atomic E-state index is -0.513. The number of thioether (sulfide) groups is 1. The van der Waals surface area contributed by atoms with E-state index in [0.29, 0.717) is 5.25 Å². The Morgan fingerprint density at radius 3 is 3.06 bits per heavy atom. The van der Waals surface area contributed by atoms with Gasteiger partial charge in [0, 0.05) is 11.4 Å². The number of ether oxygens (including phenoxy) is 1. The zero-order chi connectivity index (χ0) is 13.0. The van der Waals surface area contributed by atoms with Crippen molar-refractivity contribution in [3.8, 4) is 0 Å². The number of aromatic nitrogens is 1. The molecule has 0 saturated heterocycles. The summed E-state index contributed by atoms with van der Waals surface area (Å²) in [4.78, 5) is 16.2. The standard InChI is InChI=1S/C13H18N2O2S/c1-14-13(12(16)17-2)7-6-10(9-13)18-11-5-3-4-8-15-11/h3-5,8,10,14H,6-7,9H2,1-2H3. The van der Waals surface area contributed by atoms with E-state index >= 15 is 0 Å². The number of rotatable bonds is 4. The van der Waals surface area contributed by atoms with Gasteiger partial charge in [-0.1, -0.05) is 6.07 Å². The topological polar surface area (TPSA) is 51.2 Å². The normalized spacial score (nSPS) is 27.1. The van der Waals surface area contributed by atoms with E-state index in [4.69, 9.17) is 4.74 Å². The van der Waals surface area contributed by atoms with E-state index in [-0.39, 0.29) is 5.97 Å². The van der Waals surface area contributed by atoms with Crippen LogP contribution in [0.4, 0.5) is 0 Å². The molecule has 1 saturated carbocycles. The van der Waals surface area contributed by atoms with E-state index in [9.17, 15) is 4.79 Å². The molecule has 1 fully saturated rings. The summed E-state index contributed by atoms with van der Waals surface area (Å²) >= 11 is 1.74. The quantitative estimate of drug-likeness (QED) is 0.843. The largest absolute Gasteiger partial charge is 0.468 e. The molecule has 0 bridgehead atoms. The average Bonchev–Trinajstić information content (AvgIpc) is 2.83. The van der Waals surface area contributed by atoms with Crippen LogP contribution in [0, 0.1) is 0 Å². The van der Waals surface area contributed by atoms with E-state index in [0.717, 1.165) is 24.3 Å². The molecule has 1 aliphatic rings. The van der Waals surface area contributed by atoms with Crippen LogP contribution in [0.2, 0.25) is 0 Å². The molecule has 0 aliphatic heterocycles. The summed E-state index contributed by atoms with van der Waals surface area (Å²) in [6.45, 7) is 0. The molecule has 5 heteroatoms. The number of carbonyl (C=O) groups is 1. The number of likely N-dealkylation sites (N-methyl/N-ethyl adjacent to an activating group) is 1. The molecule has 1 aromatic rings. The SMILES string of the molecule is CNC1(C(=O)OC)CCC(Sc2ccccn2)C1. The summed E-state index contributed by atoms with van der Waals surface area (Å²) in [7, 11) is 3.27. The first kappa shape index (κ1) is 13.4. The number of methoxy groups -OCH3 is 1. The Morgan fingerprint density at radius 1 is 1.61 bits per heavy atom. The van der Waals surface area contributed by atoms with Crippen LogP contribution in [0.15, 0.2) is 29.4 Å². The van der Waals surface area contributed by atoms with Gasteiger partial charge in [-0.3, -0.25) is 4.79 Å². The molecule has 1 N–H and O–H groups in total. The van der Waals surface area contributed by atoms with Crippen molar-refractivity contribution in [3.05, 3.63) is 24.4 Å².